The van der Waals surface area contributed by atoms with Gasteiger partial charge in [0.1, 0.15) is 0 Å². The summed E-state index contributed by atoms with van der Waals surface area (Å²) in [5.74, 6) is 5.15. The van der Waals surface area contributed by atoms with Gasteiger partial charge in [-0.1, -0.05) is 30.0 Å². The molecule has 0 saturated heterocycles. The van der Waals surface area contributed by atoms with Gasteiger partial charge >= 0.3 is 0 Å². The number of carbonyl (C=O) groups excluding carboxylic acids is 1. The van der Waals surface area contributed by atoms with E-state index in [1.165, 1.54) is 6.92 Å². The van der Waals surface area contributed by atoms with E-state index in [1.807, 2.05) is 30.3 Å². The van der Waals surface area contributed by atoms with Crippen LogP contribution in [-0.2, 0) is 4.79 Å². The normalized spacial score (nSPS) is 13.1. The van der Waals surface area contributed by atoms with Crippen molar-refractivity contribution in [3.63, 3.8) is 0 Å². The van der Waals surface area contributed by atoms with Crippen molar-refractivity contribution in [2.24, 2.45) is 0 Å². The summed E-state index contributed by atoms with van der Waals surface area (Å²) >= 11 is 0. The summed E-state index contributed by atoms with van der Waals surface area (Å²) in [6.45, 7) is 3.18. The third-order valence-corrected chi connectivity index (χ3v) is 2.16. The molecule has 3 heteroatoms. The second-order valence-corrected chi connectivity index (χ2v) is 3.94. The van der Waals surface area contributed by atoms with Gasteiger partial charge in [0.05, 0.1) is 0 Å². The third kappa shape index (κ3) is 5.72. The number of hydrogen-bond acceptors (Lipinski definition) is 1. The monoisotopic (exact) mass is 233 g/mol. The minimum absolute atomic E-state index is 0.152. The average molecular weight is 233 g/mol. The molecule has 0 aromatic heterocycles. The highest BCUT2D eigenvalue weighted by molar-refractivity contribution is 5.73. The highest BCUT2D eigenvalue weighted by atomic mass is 19.1. The molecule has 1 amide bonds. The predicted molar refractivity (Wildman–Crippen MR) is 66.1 cm³/mol. The number of rotatable bonds is 3. The Morgan fingerprint density at radius 1 is 1.41 bits per heavy atom. The highest BCUT2D eigenvalue weighted by Crippen LogP contribution is 2.02. The van der Waals surface area contributed by atoms with Crippen LogP contribution in [0.1, 0.15) is 25.8 Å². The van der Waals surface area contributed by atoms with Crippen LogP contribution in [0.5, 0.6) is 0 Å². The highest BCUT2D eigenvalue weighted by Gasteiger charge is 2.09. The second-order valence-electron chi connectivity index (χ2n) is 3.94. The molecule has 1 aromatic rings. The van der Waals surface area contributed by atoms with Crippen LogP contribution in [0, 0.1) is 11.8 Å². The van der Waals surface area contributed by atoms with Crippen molar-refractivity contribution in [2.75, 3.05) is 0 Å². The smallest absolute Gasteiger partial charge is 0.217 e. The molecular formula is C14H16FNO. The molecule has 0 spiro atoms. The van der Waals surface area contributed by atoms with Crippen LogP contribution in [0.3, 0.4) is 0 Å². The predicted octanol–water partition coefficient (Wildman–Crippen LogP) is 2.29. The first-order valence-corrected chi connectivity index (χ1v) is 5.55. The molecule has 0 aliphatic carbocycles. The van der Waals surface area contributed by atoms with Crippen molar-refractivity contribution in [3.05, 3.63) is 35.9 Å². The fourth-order valence-electron chi connectivity index (χ4n) is 1.46. The Kier molecular flexibility index (Phi) is 5.22. The Labute approximate surface area is 101 Å². The number of alkyl halides is 1. The molecule has 0 unspecified atom stereocenters. The van der Waals surface area contributed by atoms with E-state index >= 15 is 0 Å². The first-order chi connectivity index (χ1) is 8.08. The van der Waals surface area contributed by atoms with Gasteiger partial charge in [-0.2, -0.15) is 0 Å². The largest absolute Gasteiger partial charge is 0.354 e. The summed E-state index contributed by atoms with van der Waals surface area (Å²) in [6, 6.07) is 9.06. The van der Waals surface area contributed by atoms with Crippen molar-refractivity contribution in [1.29, 1.82) is 0 Å². The van der Waals surface area contributed by atoms with Crippen molar-refractivity contribution in [1.82, 2.24) is 5.32 Å². The van der Waals surface area contributed by atoms with Crippen molar-refractivity contribution < 1.29 is 9.18 Å². The van der Waals surface area contributed by atoms with E-state index < -0.39 is 6.17 Å². The maximum Gasteiger partial charge on any atom is 0.217 e. The van der Waals surface area contributed by atoms with Crippen LogP contribution in [-0.4, -0.2) is 18.1 Å². The Hall–Kier alpha value is -1.82. The summed E-state index contributed by atoms with van der Waals surface area (Å²) in [4.78, 5) is 10.7. The molecule has 2 nitrogen and oxygen atoms in total. The number of benzene rings is 1. The fourth-order valence-corrected chi connectivity index (χ4v) is 1.46. The van der Waals surface area contributed by atoms with Crippen LogP contribution >= 0.6 is 0 Å². The molecule has 0 saturated carbocycles. The van der Waals surface area contributed by atoms with Crippen molar-refractivity contribution in [2.45, 2.75) is 32.5 Å². The third-order valence-electron chi connectivity index (χ3n) is 2.16. The molecule has 90 valence electrons. The van der Waals surface area contributed by atoms with Gasteiger partial charge in [0.2, 0.25) is 5.91 Å². The molecule has 0 aliphatic rings. The number of amides is 1. The molecule has 0 fully saturated rings. The Morgan fingerprint density at radius 3 is 2.65 bits per heavy atom. The number of halogens is 1. The molecule has 1 N–H and O–H groups in total. The minimum Gasteiger partial charge on any atom is -0.354 e. The lowest BCUT2D eigenvalue weighted by molar-refractivity contribution is -0.119. The Morgan fingerprint density at radius 2 is 2.06 bits per heavy atom. The molecule has 0 heterocycles. The van der Waals surface area contributed by atoms with E-state index in [9.17, 15) is 9.18 Å². The van der Waals surface area contributed by atoms with Crippen LogP contribution in [0.2, 0.25) is 0 Å². The minimum atomic E-state index is -1.22. The lowest BCUT2D eigenvalue weighted by Crippen LogP contribution is -2.32. The van der Waals surface area contributed by atoms with Crippen LogP contribution in [0.25, 0.3) is 0 Å². The summed E-state index contributed by atoms with van der Waals surface area (Å²) < 4.78 is 13.5. The SMILES string of the molecule is CC(=O)N[C@H](C)C[C@@H](F)C#Cc1ccccc1. The zero-order chi connectivity index (χ0) is 12.7. The van der Waals surface area contributed by atoms with Gasteiger partial charge in [-0.15, -0.1) is 0 Å². The van der Waals surface area contributed by atoms with Crippen LogP contribution in [0.15, 0.2) is 30.3 Å². The van der Waals surface area contributed by atoms with Gasteiger partial charge in [-0.25, -0.2) is 4.39 Å². The molecular weight excluding hydrogens is 217 g/mol. The van der Waals surface area contributed by atoms with Crippen molar-refractivity contribution in [3.8, 4) is 11.8 Å². The number of nitrogens with one attached hydrogen (secondary N) is 1. The Bertz CT molecular complexity index is 419. The number of carbonyl (C=O) groups is 1. The van der Waals surface area contributed by atoms with Crippen LogP contribution in [0.4, 0.5) is 4.39 Å². The zero-order valence-corrected chi connectivity index (χ0v) is 10.0. The van der Waals surface area contributed by atoms with Crippen molar-refractivity contribution >= 4 is 5.91 Å². The first kappa shape index (κ1) is 13.2. The molecule has 1 aromatic carbocycles. The van der Waals surface area contributed by atoms with Gasteiger partial charge in [-0.3, -0.25) is 4.79 Å². The van der Waals surface area contributed by atoms with E-state index in [2.05, 4.69) is 17.2 Å². The second kappa shape index (κ2) is 6.70. The quantitative estimate of drug-likeness (QED) is 0.797. The van der Waals surface area contributed by atoms with E-state index in [1.54, 1.807) is 6.92 Å². The molecule has 2 atom stereocenters. The summed E-state index contributed by atoms with van der Waals surface area (Å²) in [7, 11) is 0. The standard InChI is InChI=1S/C14H16FNO/c1-11(16-12(2)17)10-14(15)9-8-13-6-4-3-5-7-13/h3-7,11,14H,10H2,1-2H3,(H,16,17)/t11-,14+/m1/s1. The van der Waals surface area contributed by atoms with Crippen LogP contribution < -0.4 is 5.32 Å². The van der Waals surface area contributed by atoms with Gasteiger partial charge in [-0.05, 0) is 19.1 Å². The van der Waals surface area contributed by atoms with Gasteiger partial charge in [0.25, 0.3) is 0 Å². The van der Waals surface area contributed by atoms with E-state index in [4.69, 9.17) is 0 Å². The maximum atomic E-state index is 13.5. The molecule has 0 aliphatic heterocycles. The van der Waals surface area contributed by atoms with Gasteiger partial charge in [0.15, 0.2) is 6.17 Å². The summed E-state index contributed by atoms with van der Waals surface area (Å²) in [5, 5.41) is 2.63. The van der Waals surface area contributed by atoms with Gasteiger partial charge < -0.3 is 5.32 Å². The first-order valence-electron chi connectivity index (χ1n) is 5.55. The maximum absolute atomic E-state index is 13.5. The molecule has 0 bridgehead atoms. The van der Waals surface area contributed by atoms with E-state index in [-0.39, 0.29) is 18.4 Å². The summed E-state index contributed by atoms with van der Waals surface area (Å²) in [6.07, 6.45) is -1.02. The average Bonchev–Trinajstić information content (AvgIpc) is 2.26. The lowest BCUT2D eigenvalue weighted by Gasteiger charge is -2.11. The topological polar surface area (TPSA) is 29.1 Å². The van der Waals surface area contributed by atoms with Gasteiger partial charge in [0, 0.05) is 24.9 Å². The lowest BCUT2D eigenvalue weighted by atomic mass is 10.1. The summed E-state index contributed by atoms with van der Waals surface area (Å²) in [5.41, 5.74) is 0.794. The molecule has 0 radical (unpaired) electrons. The zero-order valence-electron chi connectivity index (χ0n) is 10.0. The Balaban J connectivity index is 2.47. The number of hydrogen-bond donors (Lipinski definition) is 1. The van der Waals surface area contributed by atoms with E-state index in [0.717, 1.165) is 5.56 Å². The molecule has 1 rings (SSSR count). The molecule has 17 heavy (non-hydrogen) atoms. The van der Waals surface area contributed by atoms with E-state index in [0.29, 0.717) is 0 Å². The fraction of sp³-hybridized carbons (Fsp3) is 0.357.